The highest BCUT2D eigenvalue weighted by Gasteiger charge is 2.10. The van der Waals surface area contributed by atoms with E-state index in [2.05, 4.69) is 10.3 Å². The first-order valence-corrected chi connectivity index (χ1v) is 5.65. The summed E-state index contributed by atoms with van der Waals surface area (Å²) in [5.74, 6) is -1.02. The summed E-state index contributed by atoms with van der Waals surface area (Å²) in [6, 6.07) is 4.66. The van der Waals surface area contributed by atoms with Crippen LogP contribution in [-0.2, 0) is 4.74 Å². The Bertz CT molecular complexity index is 581. The van der Waals surface area contributed by atoms with Crippen LogP contribution in [0.3, 0.4) is 0 Å². The zero-order chi connectivity index (χ0) is 13.8. The number of carbonyl (C=O) groups is 1. The van der Waals surface area contributed by atoms with Crippen LogP contribution in [0.4, 0.5) is 6.01 Å². The molecule has 0 bridgehead atoms. The third-order valence-electron chi connectivity index (χ3n) is 2.48. The molecular formula is C12H14N2O5. The number of benzene rings is 1. The van der Waals surface area contributed by atoms with E-state index in [4.69, 9.17) is 14.3 Å². The summed E-state index contributed by atoms with van der Waals surface area (Å²) in [6.07, 6.45) is -0.672. The summed E-state index contributed by atoms with van der Waals surface area (Å²) in [6.45, 7) is 0.433. The molecule has 0 aliphatic heterocycles. The third kappa shape index (κ3) is 3.21. The summed E-state index contributed by atoms with van der Waals surface area (Å²) < 4.78 is 10.1. The summed E-state index contributed by atoms with van der Waals surface area (Å²) in [5.41, 5.74) is 1.06. The molecule has 1 atom stereocenters. The molecule has 1 aromatic heterocycles. The molecule has 19 heavy (non-hydrogen) atoms. The van der Waals surface area contributed by atoms with Gasteiger partial charge in [-0.05, 0) is 18.2 Å². The van der Waals surface area contributed by atoms with Crippen molar-refractivity contribution >= 4 is 23.1 Å². The molecule has 7 nitrogen and oxygen atoms in total. The van der Waals surface area contributed by atoms with Crippen LogP contribution in [0.15, 0.2) is 22.6 Å². The Balaban J connectivity index is 2.11. The number of fused-ring (bicyclic) bond motifs is 1. The highest BCUT2D eigenvalue weighted by atomic mass is 16.5. The fourth-order valence-corrected chi connectivity index (χ4v) is 1.59. The Morgan fingerprint density at radius 3 is 3.05 bits per heavy atom. The number of oxazole rings is 1. The second-order valence-corrected chi connectivity index (χ2v) is 4.00. The van der Waals surface area contributed by atoms with Crippen molar-refractivity contribution in [1.82, 2.24) is 4.98 Å². The molecule has 1 unspecified atom stereocenters. The first-order chi connectivity index (χ1) is 9.10. The quantitative estimate of drug-likeness (QED) is 0.714. The largest absolute Gasteiger partial charge is 0.478 e. The number of hydrogen-bond acceptors (Lipinski definition) is 6. The van der Waals surface area contributed by atoms with Crippen molar-refractivity contribution in [2.45, 2.75) is 6.10 Å². The standard InChI is InChI=1S/C12H14N2O5/c1-18-6-8(15)5-13-12-14-9-3-2-7(11(16)17)4-10(9)19-12/h2-4,8,15H,5-6H2,1H3,(H,13,14)(H,16,17). The van der Waals surface area contributed by atoms with Crippen molar-refractivity contribution in [2.75, 3.05) is 25.6 Å². The monoisotopic (exact) mass is 266 g/mol. The number of rotatable bonds is 6. The number of aliphatic hydroxyl groups is 1. The third-order valence-corrected chi connectivity index (χ3v) is 2.48. The maximum absolute atomic E-state index is 10.8. The first kappa shape index (κ1) is 13.3. The first-order valence-electron chi connectivity index (χ1n) is 5.65. The minimum atomic E-state index is -1.02. The lowest BCUT2D eigenvalue weighted by atomic mass is 10.2. The average molecular weight is 266 g/mol. The van der Waals surface area contributed by atoms with E-state index < -0.39 is 12.1 Å². The van der Waals surface area contributed by atoms with Crippen molar-refractivity contribution < 1.29 is 24.2 Å². The maximum atomic E-state index is 10.8. The predicted molar refractivity (Wildman–Crippen MR) is 67.3 cm³/mol. The lowest BCUT2D eigenvalue weighted by Crippen LogP contribution is -2.24. The SMILES string of the molecule is COCC(O)CNc1nc2ccc(C(=O)O)cc2o1. The van der Waals surface area contributed by atoms with E-state index in [1.54, 1.807) is 6.07 Å². The molecule has 0 spiro atoms. The summed E-state index contributed by atoms with van der Waals surface area (Å²) >= 11 is 0. The van der Waals surface area contributed by atoms with Gasteiger partial charge in [-0.3, -0.25) is 0 Å². The molecule has 0 aliphatic carbocycles. The summed E-state index contributed by atoms with van der Waals surface area (Å²) in [7, 11) is 1.50. The highest BCUT2D eigenvalue weighted by Crippen LogP contribution is 2.20. The Hall–Kier alpha value is -2.12. The Kier molecular flexibility index (Phi) is 3.98. The number of aliphatic hydroxyl groups excluding tert-OH is 1. The van der Waals surface area contributed by atoms with Crippen LogP contribution < -0.4 is 5.32 Å². The number of aromatic carboxylic acids is 1. The Morgan fingerprint density at radius 1 is 1.58 bits per heavy atom. The molecule has 3 N–H and O–H groups in total. The topological polar surface area (TPSA) is 105 Å². The number of carboxylic acid groups (broad SMARTS) is 1. The van der Waals surface area contributed by atoms with Gasteiger partial charge >= 0.3 is 5.97 Å². The second-order valence-electron chi connectivity index (χ2n) is 4.00. The number of nitrogens with one attached hydrogen (secondary N) is 1. The molecule has 7 heteroatoms. The van der Waals surface area contributed by atoms with Gasteiger partial charge in [-0.2, -0.15) is 4.98 Å². The molecule has 0 aliphatic rings. The van der Waals surface area contributed by atoms with Gasteiger partial charge in [-0.15, -0.1) is 0 Å². The smallest absolute Gasteiger partial charge is 0.335 e. The molecule has 1 aromatic carbocycles. The molecule has 1 heterocycles. The van der Waals surface area contributed by atoms with Gasteiger partial charge in [0.15, 0.2) is 5.58 Å². The van der Waals surface area contributed by atoms with Crippen molar-refractivity contribution in [3.05, 3.63) is 23.8 Å². The van der Waals surface area contributed by atoms with Crippen molar-refractivity contribution in [2.24, 2.45) is 0 Å². The van der Waals surface area contributed by atoms with Crippen LogP contribution in [-0.4, -0.2) is 47.5 Å². The summed E-state index contributed by atoms with van der Waals surface area (Å²) in [4.78, 5) is 14.9. The van der Waals surface area contributed by atoms with E-state index in [1.807, 2.05) is 0 Å². The van der Waals surface area contributed by atoms with Crippen molar-refractivity contribution in [3.63, 3.8) is 0 Å². The van der Waals surface area contributed by atoms with E-state index in [1.165, 1.54) is 19.2 Å². The molecule has 0 amide bonds. The van der Waals surface area contributed by atoms with Crippen LogP contribution in [0.2, 0.25) is 0 Å². The predicted octanol–water partition coefficient (Wildman–Crippen LogP) is 0.945. The number of hydrogen-bond donors (Lipinski definition) is 3. The van der Waals surface area contributed by atoms with Gasteiger partial charge in [0.1, 0.15) is 5.52 Å². The minimum absolute atomic E-state index is 0.134. The molecule has 102 valence electrons. The van der Waals surface area contributed by atoms with Gasteiger partial charge < -0.3 is 24.7 Å². The fourth-order valence-electron chi connectivity index (χ4n) is 1.59. The number of ether oxygens (including phenoxy) is 1. The van der Waals surface area contributed by atoms with Gasteiger partial charge in [0.25, 0.3) is 6.01 Å². The van der Waals surface area contributed by atoms with E-state index in [0.29, 0.717) is 11.1 Å². The Morgan fingerprint density at radius 2 is 2.37 bits per heavy atom. The number of anilines is 1. The fraction of sp³-hybridized carbons (Fsp3) is 0.333. The highest BCUT2D eigenvalue weighted by molar-refractivity contribution is 5.92. The minimum Gasteiger partial charge on any atom is -0.478 e. The van der Waals surface area contributed by atoms with Crippen LogP contribution in [0.1, 0.15) is 10.4 Å². The molecule has 2 aromatic rings. The van der Waals surface area contributed by atoms with Crippen molar-refractivity contribution in [3.8, 4) is 0 Å². The lowest BCUT2D eigenvalue weighted by molar-refractivity contribution is 0.0696. The molecule has 0 saturated carbocycles. The molecule has 0 radical (unpaired) electrons. The zero-order valence-corrected chi connectivity index (χ0v) is 10.3. The average Bonchev–Trinajstić information content (AvgIpc) is 2.78. The van der Waals surface area contributed by atoms with Gasteiger partial charge in [0.2, 0.25) is 0 Å². The normalized spacial score (nSPS) is 12.5. The number of carboxylic acids is 1. The van der Waals surface area contributed by atoms with E-state index in [0.717, 1.165) is 0 Å². The Labute approximate surface area is 108 Å². The van der Waals surface area contributed by atoms with E-state index >= 15 is 0 Å². The zero-order valence-electron chi connectivity index (χ0n) is 10.3. The van der Waals surface area contributed by atoms with E-state index in [-0.39, 0.29) is 24.7 Å². The lowest BCUT2D eigenvalue weighted by Gasteiger charge is -2.08. The van der Waals surface area contributed by atoms with Gasteiger partial charge in [0, 0.05) is 13.7 Å². The van der Waals surface area contributed by atoms with Crippen LogP contribution in [0.5, 0.6) is 0 Å². The molecule has 0 saturated heterocycles. The molecule has 0 fully saturated rings. The van der Waals surface area contributed by atoms with E-state index in [9.17, 15) is 9.90 Å². The second kappa shape index (κ2) is 5.68. The number of aromatic nitrogens is 1. The van der Waals surface area contributed by atoms with Crippen LogP contribution in [0.25, 0.3) is 11.1 Å². The van der Waals surface area contributed by atoms with Gasteiger partial charge in [0.05, 0.1) is 18.3 Å². The van der Waals surface area contributed by atoms with Crippen LogP contribution in [0, 0.1) is 0 Å². The summed E-state index contributed by atoms with van der Waals surface area (Å²) in [5, 5.41) is 21.1. The van der Waals surface area contributed by atoms with Gasteiger partial charge in [-0.25, -0.2) is 4.79 Å². The van der Waals surface area contributed by atoms with Crippen molar-refractivity contribution in [1.29, 1.82) is 0 Å². The van der Waals surface area contributed by atoms with Crippen LogP contribution >= 0.6 is 0 Å². The van der Waals surface area contributed by atoms with Gasteiger partial charge in [-0.1, -0.05) is 0 Å². The number of nitrogens with zero attached hydrogens (tertiary/aromatic N) is 1. The molecular weight excluding hydrogens is 252 g/mol. The molecule has 2 rings (SSSR count). The number of methoxy groups -OCH3 is 1. The maximum Gasteiger partial charge on any atom is 0.335 e.